The van der Waals surface area contributed by atoms with Crippen molar-refractivity contribution < 1.29 is 4.79 Å². The molecule has 0 aromatic heterocycles. The molecule has 0 aliphatic heterocycles. The van der Waals surface area contributed by atoms with Crippen LogP contribution in [0.1, 0.15) is 28.4 Å². The highest BCUT2D eigenvalue weighted by atomic mass is 79.9. The molecular weight excluding hydrogens is 298 g/mol. The summed E-state index contributed by atoms with van der Waals surface area (Å²) in [5.41, 5.74) is 3.00. The predicted octanol–water partition coefficient (Wildman–Crippen LogP) is 4.13. The van der Waals surface area contributed by atoms with Crippen LogP contribution < -0.4 is 0 Å². The van der Waals surface area contributed by atoms with Crippen molar-refractivity contribution >= 4 is 33.5 Å². The fraction of sp³-hybridized carbons (Fsp3) is 0.385. The molecule has 0 aliphatic carbocycles. The Labute approximate surface area is 116 Å². The topological polar surface area (TPSA) is 40.9 Å². The second-order valence-corrected chi connectivity index (χ2v) is 4.86. The zero-order valence-electron chi connectivity index (χ0n) is 10.5. The zero-order chi connectivity index (χ0) is 13.4. The Kier molecular flexibility index (Phi) is 7.94. The monoisotopic (exact) mass is 313 g/mol. The van der Waals surface area contributed by atoms with Gasteiger partial charge in [0.1, 0.15) is 0 Å². The first kappa shape index (κ1) is 16.2. The molecule has 1 aromatic carbocycles. The van der Waals surface area contributed by atoms with Crippen molar-refractivity contribution in [3.05, 3.63) is 28.8 Å². The molecule has 2 nitrogen and oxygen atoms in total. The first-order valence-electron chi connectivity index (χ1n) is 5.07. The van der Waals surface area contributed by atoms with Crippen LogP contribution in [0.15, 0.2) is 17.0 Å². The summed E-state index contributed by atoms with van der Waals surface area (Å²) in [5, 5.41) is 7.72. The highest BCUT2D eigenvalue weighted by molar-refractivity contribution is 9.09. The van der Waals surface area contributed by atoms with E-state index < -0.39 is 0 Å². The minimum absolute atomic E-state index is 0.160. The summed E-state index contributed by atoms with van der Waals surface area (Å²) in [6, 6.07) is 5.88. The Bertz CT molecular complexity index is 415. The van der Waals surface area contributed by atoms with Gasteiger partial charge in [0, 0.05) is 17.4 Å². The largest absolute Gasteiger partial charge is 0.293 e. The minimum atomic E-state index is 0.160. The van der Waals surface area contributed by atoms with Gasteiger partial charge in [-0.3, -0.25) is 4.79 Å². The van der Waals surface area contributed by atoms with E-state index in [1.807, 2.05) is 20.1 Å². The summed E-state index contributed by atoms with van der Waals surface area (Å²) in [6.45, 7) is 5.41. The molecule has 0 radical (unpaired) electrons. The third kappa shape index (κ3) is 4.93. The Morgan fingerprint density at radius 3 is 2.12 bits per heavy atom. The van der Waals surface area contributed by atoms with Crippen LogP contribution in [-0.4, -0.2) is 17.4 Å². The molecule has 0 atom stereocenters. The number of aryl methyl sites for hydroxylation is 2. The van der Waals surface area contributed by atoms with Gasteiger partial charge < -0.3 is 0 Å². The molecule has 0 saturated heterocycles. The van der Waals surface area contributed by atoms with Gasteiger partial charge in [-0.25, -0.2) is 0 Å². The van der Waals surface area contributed by atoms with E-state index in [0.29, 0.717) is 5.33 Å². The average Bonchev–Trinajstić information content (AvgIpc) is 2.28. The van der Waals surface area contributed by atoms with Gasteiger partial charge in [0.05, 0.1) is 11.4 Å². The summed E-state index contributed by atoms with van der Waals surface area (Å²) >= 11 is 4.90. The molecule has 0 unspecified atom stereocenters. The number of halogens is 1. The molecule has 0 heterocycles. The minimum Gasteiger partial charge on any atom is -0.293 e. The number of rotatable bonds is 3. The van der Waals surface area contributed by atoms with Crippen molar-refractivity contribution in [3.63, 3.8) is 0 Å². The molecule has 92 valence electrons. The number of carbonyl (C=O) groups excluding carboxylic acids is 1. The van der Waals surface area contributed by atoms with E-state index in [4.69, 9.17) is 5.26 Å². The lowest BCUT2D eigenvalue weighted by molar-refractivity contribution is 0.102. The second-order valence-electron chi connectivity index (χ2n) is 3.42. The van der Waals surface area contributed by atoms with Gasteiger partial charge in [-0.05, 0) is 43.4 Å². The first-order valence-corrected chi connectivity index (χ1v) is 7.41. The van der Waals surface area contributed by atoms with Crippen molar-refractivity contribution in [2.24, 2.45) is 0 Å². The third-order valence-electron chi connectivity index (χ3n) is 2.14. The summed E-state index contributed by atoms with van der Waals surface area (Å²) in [7, 11) is 0. The number of Topliss-reactive ketones (excluding diaryl/α,β-unsaturated/α-hetero) is 1. The predicted molar refractivity (Wildman–Crippen MR) is 77.1 cm³/mol. The van der Waals surface area contributed by atoms with Crippen LogP contribution >= 0.6 is 27.7 Å². The van der Waals surface area contributed by atoms with E-state index >= 15 is 0 Å². The number of thioether (sulfide) groups is 1. The molecule has 0 amide bonds. The molecule has 1 rings (SSSR count). The summed E-state index contributed by atoms with van der Waals surface area (Å²) in [4.78, 5) is 12.8. The second kappa shape index (κ2) is 8.32. The van der Waals surface area contributed by atoms with Crippen LogP contribution in [0.4, 0.5) is 0 Å². The van der Waals surface area contributed by atoms with Gasteiger partial charge in [-0.1, -0.05) is 15.9 Å². The van der Waals surface area contributed by atoms with E-state index in [-0.39, 0.29) is 5.78 Å². The lowest BCUT2D eigenvalue weighted by Gasteiger charge is -2.09. The molecular formula is C13H16BrNOS. The van der Waals surface area contributed by atoms with Crippen LogP contribution in [0.3, 0.4) is 0 Å². The van der Waals surface area contributed by atoms with Crippen LogP contribution in [-0.2, 0) is 0 Å². The van der Waals surface area contributed by atoms with E-state index in [2.05, 4.69) is 28.1 Å². The molecule has 17 heavy (non-hydrogen) atoms. The van der Waals surface area contributed by atoms with Gasteiger partial charge in [-0.2, -0.15) is 5.26 Å². The smallest absolute Gasteiger partial charge is 0.173 e. The molecule has 1 aromatic rings. The average molecular weight is 314 g/mol. The standard InChI is InChI=1S/C11H13BrOS.C2H3N/c1-7-4-9(14-3)5-8(2)11(7)10(13)6-12;1-2-3/h4-5H,6H2,1-3H3;1H3. The molecule has 0 fully saturated rings. The number of benzene rings is 1. The van der Waals surface area contributed by atoms with Crippen molar-refractivity contribution in [3.8, 4) is 6.07 Å². The van der Waals surface area contributed by atoms with E-state index in [1.54, 1.807) is 17.8 Å². The molecule has 4 heteroatoms. The number of nitriles is 1. The van der Waals surface area contributed by atoms with Gasteiger partial charge in [0.25, 0.3) is 0 Å². The van der Waals surface area contributed by atoms with Crippen LogP contribution in [0.2, 0.25) is 0 Å². The summed E-state index contributed by atoms with van der Waals surface area (Å²) in [5.74, 6) is 0.160. The maximum Gasteiger partial charge on any atom is 0.173 e. The Balaban J connectivity index is 0.000000770. The third-order valence-corrected chi connectivity index (χ3v) is 3.36. The molecule has 0 aliphatic rings. The first-order chi connectivity index (χ1) is 8.01. The van der Waals surface area contributed by atoms with Crippen molar-refractivity contribution in [2.75, 3.05) is 11.6 Å². The normalized spacial score (nSPS) is 8.94. The van der Waals surface area contributed by atoms with E-state index in [9.17, 15) is 4.79 Å². The quantitative estimate of drug-likeness (QED) is 0.478. The van der Waals surface area contributed by atoms with E-state index in [1.165, 1.54) is 11.8 Å². The molecule has 0 N–H and O–H groups in total. The molecule has 0 spiro atoms. The zero-order valence-corrected chi connectivity index (χ0v) is 12.9. The summed E-state index contributed by atoms with van der Waals surface area (Å²) < 4.78 is 0. The van der Waals surface area contributed by atoms with Gasteiger partial charge >= 0.3 is 0 Å². The fourth-order valence-electron chi connectivity index (χ4n) is 1.55. The number of hydrogen-bond donors (Lipinski definition) is 0. The highest BCUT2D eigenvalue weighted by Crippen LogP contribution is 2.23. The number of alkyl halides is 1. The Morgan fingerprint density at radius 2 is 1.82 bits per heavy atom. The lowest BCUT2D eigenvalue weighted by Crippen LogP contribution is -2.05. The Morgan fingerprint density at radius 1 is 1.41 bits per heavy atom. The number of ketones is 1. The number of hydrogen-bond acceptors (Lipinski definition) is 3. The SMILES string of the molecule is CC#N.CSc1cc(C)c(C(=O)CBr)c(C)c1. The number of carbonyl (C=O) groups is 1. The maximum absolute atomic E-state index is 11.6. The molecule has 0 bridgehead atoms. The van der Waals surface area contributed by atoms with E-state index in [0.717, 1.165) is 16.7 Å². The van der Waals surface area contributed by atoms with Gasteiger partial charge in [-0.15, -0.1) is 11.8 Å². The molecule has 0 saturated carbocycles. The highest BCUT2D eigenvalue weighted by Gasteiger charge is 2.11. The van der Waals surface area contributed by atoms with Crippen molar-refractivity contribution in [1.29, 1.82) is 5.26 Å². The van der Waals surface area contributed by atoms with Gasteiger partial charge in [0.2, 0.25) is 0 Å². The fourth-order valence-corrected chi connectivity index (χ4v) is 2.42. The maximum atomic E-state index is 11.6. The van der Waals surface area contributed by atoms with Crippen LogP contribution in [0, 0.1) is 25.2 Å². The summed E-state index contributed by atoms with van der Waals surface area (Å²) in [6.07, 6.45) is 2.04. The lowest BCUT2D eigenvalue weighted by atomic mass is 10.00. The van der Waals surface area contributed by atoms with Crippen LogP contribution in [0.25, 0.3) is 0 Å². The Hall–Kier alpha value is -0.790. The number of nitrogens with zero attached hydrogens (tertiary/aromatic N) is 1. The van der Waals surface area contributed by atoms with Crippen molar-refractivity contribution in [1.82, 2.24) is 0 Å². The van der Waals surface area contributed by atoms with Gasteiger partial charge in [0.15, 0.2) is 5.78 Å². The van der Waals surface area contributed by atoms with Crippen LogP contribution in [0.5, 0.6) is 0 Å². The van der Waals surface area contributed by atoms with Crippen molar-refractivity contribution in [2.45, 2.75) is 25.7 Å².